The van der Waals surface area contributed by atoms with Gasteiger partial charge in [-0.1, -0.05) is 67.5 Å². The van der Waals surface area contributed by atoms with E-state index < -0.39 is 0 Å². The van der Waals surface area contributed by atoms with Crippen LogP contribution in [0, 0.1) is 5.92 Å². The molecule has 0 saturated heterocycles. The Bertz CT molecular complexity index is 974. The Morgan fingerprint density at radius 2 is 1.90 bits per heavy atom. The zero-order valence-electron chi connectivity index (χ0n) is 18.0. The number of aromatic hydroxyl groups is 1. The predicted octanol–water partition coefficient (Wildman–Crippen LogP) is 5.04. The van der Waals surface area contributed by atoms with Crippen molar-refractivity contribution in [1.29, 1.82) is 0 Å². The lowest BCUT2D eigenvalue weighted by Crippen LogP contribution is -2.25. The number of phenolic OH excluding ortho intramolecular Hbond substituents is 1. The van der Waals surface area contributed by atoms with Gasteiger partial charge in [-0.3, -0.25) is 4.79 Å². The summed E-state index contributed by atoms with van der Waals surface area (Å²) in [6.45, 7) is 3.83. The van der Waals surface area contributed by atoms with Gasteiger partial charge >= 0.3 is 4.87 Å². The molecule has 0 amide bonds. The predicted molar refractivity (Wildman–Crippen MR) is 132 cm³/mol. The topological polar surface area (TPSA) is 88.3 Å². The molecule has 2 aromatic carbocycles. The minimum Gasteiger partial charge on any atom is -0.506 e. The van der Waals surface area contributed by atoms with E-state index in [0.717, 1.165) is 66.9 Å². The summed E-state index contributed by atoms with van der Waals surface area (Å²) in [5.74, 6) is 0.655. The standard InChI is InChI=1S/C24H32N2O3S.ClH/c1-17(7-5-6-13-29-14-12-18-8-3-2-4-9-18)15-20(25)16-19-10-11-21(27)22-23(19)30-24(28)26-22;/h2-4,8-11,17,20,27H,5-7,12-16,25H2,1H3,(H,26,28);1H/t17-,20+;/m0./s1. The highest BCUT2D eigenvalue weighted by molar-refractivity contribution is 7.16. The molecule has 170 valence electrons. The highest BCUT2D eigenvalue weighted by Crippen LogP contribution is 2.29. The Balaban J connectivity index is 0.00000341. The molecule has 0 fully saturated rings. The third kappa shape index (κ3) is 7.96. The summed E-state index contributed by atoms with van der Waals surface area (Å²) in [7, 11) is 0. The van der Waals surface area contributed by atoms with Crippen molar-refractivity contribution in [2.75, 3.05) is 13.2 Å². The molecule has 0 spiro atoms. The summed E-state index contributed by atoms with van der Waals surface area (Å²) in [5, 5.41) is 9.92. The van der Waals surface area contributed by atoms with E-state index in [1.54, 1.807) is 6.07 Å². The van der Waals surface area contributed by atoms with Gasteiger partial charge in [-0.25, -0.2) is 0 Å². The molecule has 0 bridgehead atoms. The zero-order valence-corrected chi connectivity index (χ0v) is 19.6. The van der Waals surface area contributed by atoms with E-state index in [2.05, 4.69) is 36.2 Å². The third-order valence-electron chi connectivity index (χ3n) is 5.44. The lowest BCUT2D eigenvalue weighted by Gasteiger charge is -2.18. The molecular weight excluding hydrogens is 432 g/mol. The minimum atomic E-state index is -0.152. The molecule has 1 aromatic heterocycles. The molecule has 0 unspecified atom stereocenters. The summed E-state index contributed by atoms with van der Waals surface area (Å²) in [4.78, 5) is 14.2. The second kappa shape index (κ2) is 12.9. The maximum atomic E-state index is 11.7. The zero-order chi connectivity index (χ0) is 21.3. The number of hydrogen-bond acceptors (Lipinski definition) is 5. The fourth-order valence-electron chi connectivity index (χ4n) is 3.87. The summed E-state index contributed by atoms with van der Waals surface area (Å²) in [5.41, 5.74) is 9.26. The van der Waals surface area contributed by atoms with Crippen LogP contribution >= 0.6 is 23.7 Å². The SMILES string of the molecule is C[C@@H](CCCCOCCc1ccccc1)C[C@@H](N)Cc1ccc(O)c2[nH]c(=O)sc12.Cl. The first-order chi connectivity index (χ1) is 14.5. The molecule has 0 aliphatic heterocycles. The number of hydrogen-bond donors (Lipinski definition) is 3. The Morgan fingerprint density at radius 3 is 2.68 bits per heavy atom. The van der Waals surface area contributed by atoms with Crippen LogP contribution in [-0.2, 0) is 17.6 Å². The number of unbranched alkanes of at least 4 members (excludes halogenated alkanes) is 1. The van der Waals surface area contributed by atoms with E-state index in [9.17, 15) is 9.90 Å². The smallest absolute Gasteiger partial charge is 0.305 e. The molecule has 31 heavy (non-hydrogen) atoms. The van der Waals surface area contributed by atoms with Crippen molar-refractivity contribution in [2.45, 2.75) is 51.5 Å². The van der Waals surface area contributed by atoms with E-state index >= 15 is 0 Å². The number of fused-ring (bicyclic) bond motifs is 1. The van der Waals surface area contributed by atoms with Gasteiger partial charge in [-0.2, -0.15) is 0 Å². The third-order valence-corrected chi connectivity index (χ3v) is 6.40. The first-order valence-corrected chi connectivity index (χ1v) is 11.6. The number of aromatic nitrogens is 1. The fourth-order valence-corrected chi connectivity index (χ4v) is 4.75. The van der Waals surface area contributed by atoms with Gasteiger partial charge in [0.1, 0.15) is 11.3 Å². The molecule has 0 saturated carbocycles. The summed E-state index contributed by atoms with van der Waals surface area (Å²) >= 11 is 1.14. The number of aromatic amines is 1. The Morgan fingerprint density at radius 1 is 1.13 bits per heavy atom. The van der Waals surface area contributed by atoms with Gasteiger partial charge < -0.3 is 20.6 Å². The van der Waals surface area contributed by atoms with Crippen LogP contribution in [0.1, 0.15) is 43.7 Å². The van der Waals surface area contributed by atoms with Crippen molar-refractivity contribution < 1.29 is 9.84 Å². The summed E-state index contributed by atoms with van der Waals surface area (Å²) < 4.78 is 6.58. The van der Waals surface area contributed by atoms with Crippen molar-refractivity contribution >= 4 is 34.0 Å². The number of phenols is 1. The van der Waals surface area contributed by atoms with E-state index in [-0.39, 0.29) is 29.1 Å². The van der Waals surface area contributed by atoms with Crippen LogP contribution < -0.4 is 10.6 Å². The highest BCUT2D eigenvalue weighted by atomic mass is 35.5. The Hall–Kier alpha value is -1.86. The van der Waals surface area contributed by atoms with Crippen LogP contribution in [0.3, 0.4) is 0 Å². The van der Waals surface area contributed by atoms with E-state index in [4.69, 9.17) is 10.5 Å². The maximum absolute atomic E-state index is 11.7. The number of thiazole rings is 1. The minimum absolute atomic E-state index is 0. The van der Waals surface area contributed by atoms with E-state index in [1.807, 2.05) is 12.1 Å². The van der Waals surface area contributed by atoms with Gasteiger partial charge in [0.05, 0.1) is 11.3 Å². The first kappa shape index (κ1) is 25.4. The molecule has 3 aromatic rings. The van der Waals surface area contributed by atoms with Gasteiger partial charge in [0, 0.05) is 12.6 Å². The first-order valence-electron chi connectivity index (χ1n) is 10.7. The van der Waals surface area contributed by atoms with Crippen molar-refractivity contribution in [3.8, 4) is 5.75 Å². The van der Waals surface area contributed by atoms with Crippen LogP contribution in [0.4, 0.5) is 0 Å². The highest BCUT2D eigenvalue weighted by Gasteiger charge is 2.14. The van der Waals surface area contributed by atoms with Crippen molar-refractivity contribution in [1.82, 2.24) is 4.98 Å². The molecule has 3 rings (SSSR count). The van der Waals surface area contributed by atoms with Gasteiger partial charge in [-0.15, -0.1) is 12.4 Å². The number of H-pyrrole nitrogens is 1. The van der Waals surface area contributed by atoms with Gasteiger partial charge in [0.15, 0.2) is 0 Å². The number of halogens is 1. The second-order valence-electron chi connectivity index (χ2n) is 8.11. The number of benzene rings is 2. The van der Waals surface area contributed by atoms with Crippen LogP contribution in [0.5, 0.6) is 5.75 Å². The Labute approximate surface area is 194 Å². The molecular formula is C24H33ClN2O3S. The van der Waals surface area contributed by atoms with Crippen molar-refractivity contribution in [3.05, 3.63) is 63.3 Å². The lowest BCUT2D eigenvalue weighted by molar-refractivity contribution is 0.132. The monoisotopic (exact) mass is 464 g/mol. The fraction of sp³-hybridized carbons (Fsp3) is 0.458. The largest absolute Gasteiger partial charge is 0.506 e. The van der Waals surface area contributed by atoms with Crippen LogP contribution in [-0.4, -0.2) is 29.3 Å². The number of nitrogens with one attached hydrogen (secondary N) is 1. The molecule has 7 heteroatoms. The lowest BCUT2D eigenvalue weighted by atomic mass is 9.93. The van der Waals surface area contributed by atoms with E-state index in [0.29, 0.717) is 17.9 Å². The average molecular weight is 465 g/mol. The number of rotatable bonds is 12. The molecule has 0 aliphatic rings. The second-order valence-corrected chi connectivity index (χ2v) is 9.09. The molecule has 0 radical (unpaired) electrons. The number of ether oxygens (including phenoxy) is 1. The van der Waals surface area contributed by atoms with E-state index in [1.165, 1.54) is 5.56 Å². The molecule has 2 atom stereocenters. The Kier molecular flexibility index (Phi) is 10.5. The van der Waals surface area contributed by atoms with Crippen LogP contribution in [0.15, 0.2) is 47.3 Å². The van der Waals surface area contributed by atoms with Crippen LogP contribution in [0.25, 0.3) is 10.2 Å². The van der Waals surface area contributed by atoms with Crippen molar-refractivity contribution in [2.24, 2.45) is 11.7 Å². The average Bonchev–Trinajstić information content (AvgIpc) is 3.13. The maximum Gasteiger partial charge on any atom is 0.305 e. The number of nitrogens with two attached hydrogens (primary N) is 1. The van der Waals surface area contributed by atoms with Gasteiger partial charge in [0.25, 0.3) is 0 Å². The normalized spacial score (nSPS) is 13.1. The summed E-state index contributed by atoms with van der Waals surface area (Å²) in [6.07, 6.45) is 5.96. The molecule has 1 heterocycles. The molecule has 4 N–H and O–H groups in total. The molecule has 5 nitrogen and oxygen atoms in total. The molecule has 0 aliphatic carbocycles. The van der Waals surface area contributed by atoms with Gasteiger partial charge in [-0.05, 0) is 48.8 Å². The summed E-state index contributed by atoms with van der Waals surface area (Å²) in [6, 6.07) is 14.0. The van der Waals surface area contributed by atoms with Crippen LogP contribution in [0.2, 0.25) is 0 Å². The van der Waals surface area contributed by atoms with Gasteiger partial charge in [0.2, 0.25) is 0 Å². The quantitative estimate of drug-likeness (QED) is 0.327. The van der Waals surface area contributed by atoms with Crippen molar-refractivity contribution in [3.63, 3.8) is 0 Å².